The molecule has 76 heavy (non-hydrogen) atoms. The average molecular weight is 1070 g/mol. The fraction of sp³-hybridized carbons (Fsp3) is 0.709. The van der Waals surface area contributed by atoms with Gasteiger partial charge in [-0.3, -0.25) is 43.2 Å². The Kier molecular flexibility index (Phi) is 23.0. The van der Waals surface area contributed by atoms with E-state index in [4.69, 9.17) is 9.47 Å². The van der Waals surface area contributed by atoms with E-state index < -0.39 is 150 Å². The number of benzene rings is 1. The van der Waals surface area contributed by atoms with Crippen LogP contribution in [0.3, 0.4) is 0 Å². The van der Waals surface area contributed by atoms with Crippen molar-refractivity contribution in [3.63, 3.8) is 0 Å². The molecule has 3 heterocycles. The summed E-state index contributed by atoms with van der Waals surface area (Å²) in [5.41, 5.74) is 0.631. The molecule has 4 rings (SSSR count). The molecule has 3 aliphatic rings. The molecule has 3 fully saturated rings. The van der Waals surface area contributed by atoms with Crippen molar-refractivity contribution in [3.05, 3.63) is 35.9 Å². The third kappa shape index (κ3) is 16.0. The molecule has 0 aliphatic carbocycles. The molecule has 424 valence electrons. The van der Waals surface area contributed by atoms with Crippen molar-refractivity contribution in [1.29, 1.82) is 0 Å². The lowest BCUT2D eigenvalue weighted by molar-refractivity contribution is -0.163. The second-order valence-electron chi connectivity index (χ2n) is 22.5. The van der Waals surface area contributed by atoms with Gasteiger partial charge in [-0.15, -0.1) is 0 Å². The van der Waals surface area contributed by atoms with E-state index >= 15 is 0 Å². The van der Waals surface area contributed by atoms with Gasteiger partial charge < -0.3 is 55.2 Å². The molecule has 0 bridgehead atoms. The van der Waals surface area contributed by atoms with Crippen LogP contribution in [0.1, 0.15) is 127 Å². The minimum atomic E-state index is -1.75. The number of likely N-dealkylation sites (N-methyl/N-ethyl adjacent to an activating group) is 2. The molecule has 12 unspecified atom stereocenters. The molecular weight excluding hydrogens is 983 g/mol. The summed E-state index contributed by atoms with van der Waals surface area (Å²) >= 11 is 0. The van der Waals surface area contributed by atoms with Gasteiger partial charge in [-0.05, 0) is 88.5 Å². The van der Waals surface area contributed by atoms with Gasteiger partial charge in [0.15, 0.2) is 11.9 Å². The molecule has 12 atom stereocenters. The largest absolute Gasteiger partial charge is 0.458 e. The summed E-state index contributed by atoms with van der Waals surface area (Å²) in [6.07, 6.45) is -5.19. The number of amides is 7. The lowest BCUT2D eigenvalue weighted by Crippen LogP contribution is -2.62. The van der Waals surface area contributed by atoms with Gasteiger partial charge in [0.05, 0.1) is 24.5 Å². The molecule has 0 spiro atoms. The number of aliphatic hydroxyl groups is 2. The van der Waals surface area contributed by atoms with Crippen molar-refractivity contribution in [2.24, 2.45) is 29.6 Å². The number of likely N-dealkylation sites (tertiary alicyclic amines) is 1. The maximum absolute atomic E-state index is 14.8. The monoisotopic (exact) mass is 1070 g/mol. The summed E-state index contributed by atoms with van der Waals surface area (Å²) < 4.78 is 11.8. The first kappa shape index (κ1) is 62.6. The van der Waals surface area contributed by atoms with Crippen molar-refractivity contribution in [3.8, 4) is 0 Å². The van der Waals surface area contributed by atoms with Gasteiger partial charge in [0.25, 0.3) is 5.91 Å². The molecule has 3 saturated heterocycles. The second-order valence-corrected chi connectivity index (χ2v) is 22.5. The zero-order chi connectivity index (χ0) is 57.0. The maximum Gasteiger partial charge on any atom is 0.329 e. The molecule has 0 radical (unpaired) electrons. The maximum atomic E-state index is 14.8. The highest BCUT2D eigenvalue weighted by molar-refractivity contribution is 6.05. The van der Waals surface area contributed by atoms with Crippen LogP contribution in [0.2, 0.25) is 0 Å². The lowest BCUT2D eigenvalue weighted by atomic mass is 9.92. The van der Waals surface area contributed by atoms with Crippen molar-refractivity contribution < 1.29 is 67.6 Å². The van der Waals surface area contributed by atoms with E-state index in [9.17, 15) is 58.2 Å². The number of carbonyl (C=O) groups is 10. The van der Waals surface area contributed by atoms with Gasteiger partial charge in [0.2, 0.25) is 35.4 Å². The Morgan fingerprint density at radius 1 is 0.816 bits per heavy atom. The van der Waals surface area contributed by atoms with Crippen molar-refractivity contribution in [2.75, 3.05) is 27.2 Å². The van der Waals surface area contributed by atoms with Crippen molar-refractivity contribution in [1.82, 2.24) is 35.6 Å². The van der Waals surface area contributed by atoms with Crippen LogP contribution in [0.15, 0.2) is 30.3 Å². The van der Waals surface area contributed by atoms with Crippen LogP contribution in [0.25, 0.3) is 0 Å². The van der Waals surface area contributed by atoms with E-state index in [2.05, 4.69) is 16.0 Å². The summed E-state index contributed by atoms with van der Waals surface area (Å²) in [5.74, 6) is -10.7. The van der Waals surface area contributed by atoms with Crippen LogP contribution in [-0.2, 0) is 63.8 Å². The third-order valence-corrected chi connectivity index (χ3v) is 14.6. The highest BCUT2D eigenvalue weighted by Gasteiger charge is 2.46. The average Bonchev–Trinajstić information content (AvgIpc) is 4.06. The van der Waals surface area contributed by atoms with Crippen LogP contribution in [-0.4, -0.2) is 183 Å². The standard InChI is InChI=1S/C55H85N7O14/c1-29(2)25-37-52(71)62-24-18-22-39(62)54(73)60(13)41(27-36-19-15-14-16-20-36)55(74)75-35(11)45(58-49(68)40(26-30(3)4)59(12)53(72)38-21-17-23-61(38)51(70)34(10)63)50(69)57-44(31(5)6)42(64)28-43(65)76-47(32(7)8)46(66)33(9)48(67)56-37/h14-16,19-20,29-35,37-42,44-45,47,63-64H,17-18,21-28H2,1-13H3,(H,56,67)(H,57,69)(H,58,68). The number of cyclic esters (lactones) is 2. The normalized spacial score (nSPS) is 28.0. The molecule has 5 N–H and O–H groups in total. The number of aliphatic hydroxyl groups excluding tert-OH is 2. The van der Waals surface area contributed by atoms with Gasteiger partial charge in [0, 0.05) is 33.6 Å². The Morgan fingerprint density at radius 2 is 1.45 bits per heavy atom. The van der Waals surface area contributed by atoms with Gasteiger partial charge in [-0.25, -0.2) is 4.79 Å². The summed E-state index contributed by atoms with van der Waals surface area (Å²) in [6, 6.07) is -0.0192. The number of hydrogen-bond donors (Lipinski definition) is 5. The van der Waals surface area contributed by atoms with Crippen LogP contribution >= 0.6 is 0 Å². The Morgan fingerprint density at radius 3 is 2.03 bits per heavy atom. The number of nitrogens with zero attached hydrogens (tertiary/aromatic N) is 4. The highest BCUT2D eigenvalue weighted by atomic mass is 16.6. The van der Waals surface area contributed by atoms with Gasteiger partial charge in [0.1, 0.15) is 48.5 Å². The van der Waals surface area contributed by atoms with E-state index in [-0.39, 0.29) is 57.0 Å². The summed E-state index contributed by atoms with van der Waals surface area (Å²) in [5, 5.41) is 30.0. The number of esters is 2. The number of rotatable bonds is 13. The van der Waals surface area contributed by atoms with E-state index in [1.54, 1.807) is 58.0 Å². The predicted molar refractivity (Wildman–Crippen MR) is 279 cm³/mol. The minimum absolute atomic E-state index is 0.0787. The fourth-order valence-corrected chi connectivity index (χ4v) is 10.2. The summed E-state index contributed by atoms with van der Waals surface area (Å²) in [7, 11) is 2.81. The Bertz CT molecular complexity index is 2240. The summed E-state index contributed by atoms with van der Waals surface area (Å²) in [4.78, 5) is 148. The predicted octanol–water partition coefficient (Wildman–Crippen LogP) is 1.92. The van der Waals surface area contributed by atoms with E-state index in [1.165, 1.54) is 54.5 Å². The Labute approximate surface area is 447 Å². The van der Waals surface area contributed by atoms with Gasteiger partial charge in [-0.1, -0.05) is 85.7 Å². The number of nitrogens with one attached hydrogen (secondary N) is 3. The van der Waals surface area contributed by atoms with Crippen molar-refractivity contribution in [2.45, 2.75) is 194 Å². The first-order valence-electron chi connectivity index (χ1n) is 27.0. The van der Waals surface area contributed by atoms with E-state index in [0.29, 0.717) is 18.4 Å². The fourth-order valence-electron chi connectivity index (χ4n) is 10.2. The molecule has 1 aromatic carbocycles. The first-order chi connectivity index (χ1) is 35.6. The van der Waals surface area contributed by atoms with E-state index in [0.717, 1.165) is 0 Å². The molecule has 21 heteroatoms. The zero-order valence-corrected chi connectivity index (χ0v) is 46.8. The van der Waals surface area contributed by atoms with E-state index in [1.807, 2.05) is 27.7 Å². The number of ketones is 1. The first-order valence-corrected chi connectivity index (χ1v) is 27.0. The van der Waals surface area contributed by atoms with Crippen LogP contribution in [0, 0.1) is 29.6 Å². The Balaban J connectivity index is 1.85. The number of fused-ring (bicyclic) bond motifs is 1. The number of Topliss-reactive ketones (excluding diaryl/α,β-unsaturated/α-hetero) is 1. The molecule has 1 aromatic rings. The minimum Gasteiger partial charge on any atom is -0.458 e. The van der Waals surface area contributed by atoms with Crippen LogP contribution in [0.4, 0.5) is 0 Å². The SMILES string of the molecule is CC(C)CC1NC(=O)C(C)C(=O)C(C(C)C)OC(=O)CC(O)C(C(C)C)NC(=O)C(NC(=O)C(CC(C)C)N(C)C(=O)C2CCCN2C(=O)C(C)O)C(C)OC(=O)C(Cc2ccccc2)N(C)C(=O)C2CCCN2C1=O. The molecule has 0 aromatic heterocycles. The van der Waals surface area contributed by atoms with Crippen LogP contribution in [0.5, 0.6) is 0 Å². The second kappa shape index (κ2) is 27.9. The number of ether oxygens (including phenoxy) is 2. The number of carbonyl (C=O) groups excluding carboxylic acids is 10. The molecule has 21 nitrogen and oxygen atoms in total. The smallest absolute Gasteiger partial charge is 0.329 e. The zero-order valence-electron chi connectivity index (χ0n) is 46.8. The van der Waals surface area contributed by atoms with Crippen LogP contribution < -0.4 is 16.0 Å². The lowest BCUT2D eigenvalue weighted by Gasteiger charge is -2.36. The highest BCUT2D eigenvalue weighted by Crippen LogP contribution is 2.27. The van der Waals surface area contributed by atoms with Gasteiger partial charge in [-0.2, -0.15) is 0 Å². The molecular formula is C55H85N7O14. The van der Waals surface area contributed by atoms with Gasteiger partial charge >= 0.3 is 11.9 Å². The number of hydrogen-bond acceptors (Lipinski definition) is 14. The molecule has 0 saturated carbocycles. The topological polar surface area (TPSA) is 279 Å². The quantitative estimate of drug-likeness (QED) is 0.140. The third-order valence-electron chi connectivity index (χ3n) is 14.6. The molecule has 3 aliphatic heterocycles. The molecule has 7 amide bonds. The summed E-state index contributed by atoms with van der Waals surface area (Å²) in [6.45, 7) is 18.3. The Hall–Kier alpha value is -5.96. The van der Waals surface area contributed by atoms with Crippen molar-refractivity contribution >= 4 is 59.1 Å².